The van der Waals surface area contributed by atoms with E-state index >= 15 is 0 Å². The van der Waals surface area contributed by atoms with Gasteiger partial charge in [-0.15, -0.1) is 0 Å². The number of aromatic nitrogens is 2. The number of aromatic hydroxyl groups is 1. The molecule has 0 spiro atoms. The maximum atomic E-state index is 13.6. The van der Waals surface area contributed by atoms with Gasteiger partial charge >= 0.3 is 11.8 Å². The number of rotatable bonds is 10. The first-order valence-corrected chi connectivity index (χ1v) is 13.6. The molecule has 0 aliphatic heterocycles. The smallest absolute Gasteiger partial charge is 0.414 e. The lowest BCUT2D eigenvalue weighted by atomic mass is 9.73. The van der Waals surface area contributed by atoms with Crippen LogP contribution in [-0.4, -0.2) is 45.2 Å². The highest BCUT2D eigenvalue weighted by molar-refractivity contribution is 5.79. The third-order valence-electron chi connectivity index (χ3n) is 7.31. The van der Waals surface area contributed by atoms with Crippen molar-refractivity contribution in [1.29, 1.82) is 0 Å². The lowest BCUT2D eigenvalue weighted by Crippen LogP contribution is -2.42. The van der Waals surface area contributed by atoms with Gasteiger partial charge in [-0.25, -0.2) is 9.59 Å². The Morgan fingerprint density at radius 2 is 2.00 bits per heavy atom. The van der Waals surface area contributed by atoms with Crippen LogP contribution in [0.2, 0.25) is 0 Å². The summed E-state index contributed by atoms with van der Waals surface area (Å²) in [5.74, 6) is -2.15. The van der Waals surface area contributed by atoms with Gasteiger partial charge in [0.2, 0.25) is 11.7 Å². The highest BCUT2D eigenvalue weighted by atomic mass is 19.1. The number of nitrogens with zero attached hydrogens (tertiary/aromatic N) is 2. The number of carbonyl (C=O) groups is 2. The van der Waals surface area contributed by atoms with Gasteiger partial charge in [0.05, 0.1) is 0 Å². The molecule has 0 bridgehead atoms. The SMILES string of the molecule is C=C(C)[C@@H]1CCC(C)=C[C@H]1c1c(O)cc(CCCCC)cc1OC(=O)N(C)CCC(=O)n1c(=O)[nH]cc(F)c1=O. The van der Waals surface area contributed by atoms with E-state index in [0.717, 1.165) is 48.1 Å². The second kappa shape index (κ2) is 13.4. The molecular formula is C30H38FN3O6. The van der Waals surface area contributed by atoms with E-state index in [9.17, 15) is 28.7 Å². The second-order valence-corrected chi connectivity index (χ2v) is 10.5. The van der Waals surface area contributed by atoms with E-state index < -0.39 is 35.5 Å². The topological polar surface area (TPSA) is 122 Å². The average Bonchev–Trinajstić information content (AvgIpc) is 2.89. The van der Waals surface area contributed by atoms with Crippen molar-refractivity contribution < 1.29 is 23.8 Å². The van der Waals surface area contributed by atoms with E-state index in [1.165, 1.54) is 12.6 Å². The van der Waals surface area contributed by atoms with Crippen LogP contribution < -0.4 is 16.0 Å². The molecule has 1 heterocycles. The maximum Gasteiger partial charge on any atom is 0.414 e. The summed E-state index contributed by atoms with van der Waals surface area (Å²) in [5, 5.41) is 11.2. The molecule has 1 aromatic heterocycles. The fourth-order valence-corrected chi connectivity index (χ4v) is 5.03. The molecule has 2 aromatic rings. The molecule has 1 aromatic carbocycles. The Balaban J connectivity index is 1.88. The Bertz CT molecular complexity index is 1420. The normalized spacial score (nSPS) is 16.8. The second-order valence-electron chi connectivity index (χ2n) is 10.5. The van der Waals surface area contributed by atoms with Crippen LogP contribution in [0, 0.1) is 11.7 Å². The van der Waals surface area contributed by atoms with Gasteiger partial charge in [-0.05, 0) is 63.1 Å². The number of phenols is 1. The summed E-state index contributed by atoms with van der Waals surface area (Å²) in [6.07, 6.45) is 6.91. The first-order valence-electron chi connectivity index (χ1n) is 13.6. The van der Waals surface area contributed by atoms with Crippen molar-refractivity contribution in [3.05, 3.63) is 79.9 Å². The van der Waals surface area contributed by atoms with Crippen molar-refractivity contribution in [3.63, 3.8) is 0 Å². The summed E-state index contributed by atoms with van der Waals surface area (Å²) in [7, 11) is 1.40. The van der Waals surface area contributed by atoms with E-state index in [0.29, 0.717) is 18.2 Å². The first kappa shape index (κ1) is 30.6. The van der Waals surface area contributed by atoms with Gasteiger partial charge in [0.1, 0.15) is 11.5 Å². The van der Waals surface area contributed by atoms with Crippen molar-refractivity contribution in [2.24, 2.45) is 5.92 Å². The monoisotopic (exact) mass is 555 g/mol. The zero-order valence-corrected chi connectivity index (χ0v) is 23.6. The third kappa shape index (κ3) is 7.16. The zero-order chi connectivity index (χ0) is 29.6. The first-order chi connectivity index (χ1) is 18.9. The predicted molar refractivity (Wildman–Crippen MR) is 151 cm³/mol. The Morgan fingerprint density at radius 1 is 1.27 bits per heavy atom. The number of carbonyl (C=O) groups excluding carboxylic acids is 2. The van der Waals surface area contributed by atoms with Crippen molar-refractivity contribution in [1.82, 2.24) is 14.5 Å². The molecule has 0 fully saturated rings. The summed E-state index contributed by atoms with van der Waals surface area (Å²) in [5.41, 5.74) is 1.05. The Morgan fingerprint density at radius 3 is 2.67 bits per heavy atom. The van der Waals surface area contributed by atoms with Crippen LogP contribution >= 0.6 is 0 Å². The number of aryl methyl sites for hydroxylation is 1. The molecule has 0 radical (unpaired) electrons. The Hall–Kier alpha value is -3.95. The predicted octanol–water partition coefficient (Wildman–Crippen LogP) is 5.29. The van der Waals surface area contributed by atoms with Gasteiger partial charge in [0, 0.05) is 37.7 Å². The molecule has 216 valence electrons. The quantitative estimate of drug-likeness (QED) is 0.303. The Labute approximate surface area is 233 Å². The fourth-order valence-electron chi connectivity index (χ4n) is 5.03. The van der Waals surface area contributed by atoms with Gasteiger partial charge < -0.3 is 19.7 Å². The van der Waals surface area contributed by atoms with Crippen LogP contribution in [0.1, 0.15) is 81.1 Å². The largest absolute Gasteiger partial charge is 0.507 e. The van der Waals surface area contributed by atoms with Crippen LogP contribution in [0.5, 0.6) is 11.5 Å². The molecule has 1 aliphatic rings. The van der Waals surface area contributed by atoms with E-state index in [-0.39, 0.29) is 34.4 Å². The lowest BCUT2D eigenvalue weighted by Gasteiger charge is -2.32. The number of aromatic amines is 1. The summed E-state index contributed by atoms with van der Waals surface area (Å²) in [6.45, 7) is 10.0. The van der Waals surface area contributed by atoms with Gasteiger partial charge in [0.25, 0.3) is 5.56 Å². The van der Waals surface area contributed by atoms with Gasteiger partial charge in [0.15, 0.2) is 0 Å². The Kier molecular flexibility index (Phi) is 10.3. The average molecular weight is 556 g/mol. The molecule has 2 atom stereocenters. The number of hydrogen-bond donors (Lipinski definition) is 2. The number of unbranched alkanes of at least 4 members (excludes halogenated alkanes) is 2. The summed E-state index contributed by atoms with van der Waals surface area (Å²) >= 11 is 0. The number of hydrogen-bond acceptors (Lipinski definition) is 6. The minimum absolute atomic E-state index is 0.0431. The summed E-state index contributed by atoms with van der Waals surface area (Å²) < 4.78 is 19.6. The van der Waals surface area contributed by atoms with Gasteiger partial charge in [-0.3, -0.25) is 9.59 Å². The molecule has 2 N–H and O–H groups in total. The molecule has 0 saturated carbocycles. The molecule has 0 saturated heterocycles. The van der Waals surface area contributed by atoms with Crippen LogP contribution in [0.4, 0.5) is 9.18 Å². The van der Waals surface area contributed by atoms with Crippen LogP contribution in [0.25, 0.3) is 0 Å². The number of phenolic OH excluding ortho intramolecular Hbond substituents is 1. The maximum absolute atomic E-state index is 13.6. The number of allylic oxidation sites excluding steroid dienone is 3. The third-order valence-corrected chi connectivity index (χ3v) is 7.31. The van der Waals surface area contributed by atoms with Crippen molar-refractivity contribution in [2.45, 2.75) is 71.6 Å². The van der Waals surface area contributed by atoms with Crippen molar-refractivity contribution >= 4 is 12.0 Å². The van der Waals surface area contributed by atoms with E-state index in [1.54, 1.807) is 12.1 Å². The standard InChI is InChI=1S/C30H38FN3O6/c1-6-7-8-9-20-15-24(35)27(22-14-19(4)10-11-21(22)18(2)3)25(16-20)40-30(39)33(5)13-12-26(36)34-28(37)23(31)17-32-29(34)38/h14-17,21-22,35H,2,6-13H2,1,3-5H3,(H,32,38)/t21-,22+/m0/s1. The molecule has 1 aliphatic carbocycles. The number of benzene rings is 1. The lowest BCUT2D eigenvalue weighted by molar-refractivity contribution is 0.0876. The highest BCUT2D eigenvalue weighted by Gasteiger charge is 2.31. The van der Waals surface area contributed by atoms with E-state index in [4.69, 9.17) is 4.74 Å². The number of amides is 1. The molecule has 3 rings (SSSR count). The number of ether oxygens (including phenoxy) is 1. The zero-order valence-electron chi connectivity index (χ0n) is 23.6. The number of nitrogens with one attached hydrogen (secondary N) is 1. The number of H-pyrrole nitrogens is 1. The van der Waals surface area contributed by atoms with Crippen LogP contribution in [-0.2, 0) is 6.42 Å². The molecule has 40 heavy (non-hydrogen) atoms. The fraction of sp³-hybridized carbons (Fsp3) is 0.467. The van der Waals surface area contributed by atoms with E-state index in [2.05, 4.69) is 19.6 Å². The molecule has 9 nitrogen and oxygen atoms in total. The molecular weight excluding hydrogens is 517 g/mol. The molecule has 10 heteroatoms. The van der Waals surface area contributed by atoms with Crippen LogP contribution in [0.15, 0.2) is 51.7 Å². The number of halogens is 1. The molecule has 1 amide bonds. The summed E-state index contributed by atoms with van der Waals surface area (Å²) in [4.78, 5) is 52.5. The summed E-state index contributed by atoms with van der Waals surface area (Å²) in [6, 6.07) is 3.51. The highest BCUT2D eigenvalue weighted by Crippen LogP contribution is 2.47. The molecule has 0 unspecified atom stereocenters. The van der Waals surface area contributed by atoms with E-state index in [1.807, 2.05) is 18.8 Å². The van der Waals surface area contributed by atoms with Crippen molar-refractivity contribution in [2.75, 3.05) is 13.6 Å². The van der Waals surface area contributed by atoms with Gasteiger partial charge in [-0.1, -0.05) is 43.6 Å². The van der Waals surface area contributed by atoms with Crippen molar-refractivity contribution in [3.8, 4) is 11.5 Å². The minimum atomic E-state index is -1.36. The minimum Gasteiger partial charge on any atom is -0.507 e. The van der Waals surface area contributed by atoms with Gasteiger partial charge in [-0.2, -0.15) is 8.96 Å². The van der Waals surface area contributed by atoms with Crippen LogP contribution in [0.3, 0.4) is 0 Å².